The van der Waals surface area contributed by atoms with Gasteiger partial charge in [0.05, 0.1) is 6.61 Å². The molecule has 0 bridgehead atoms. The van der Waals surface area contributed by atoms with Gasteiger partial charge in [-0.3, -0.25) is 14.4 Å². The van der Waals surface area contributed by atoms with Gasteiger partial charge in [0.25, 0.3) is 0 Å². The SMILES string of the molecule is CCCCC/C=C\C=C\C(=O)CCCCCCCC(=O)OC[C@H](CO)OC(=O)CCCCCCCCCCCCCCCCCCCC. The van der Waals surface area contributed by atoms with E-state index in [9.17, 15) is 19.5 Å². The van der Waals surface area contributed by atoms with Gasteiger partial charge in [0.1, 0.15) is 6.61 Å². The number of ketones is 1. The number of carbonyl (C=O) groups is 3. The molecule has 6 nitrogen and oxygen atoms in total. The summed E-state index contributed by atoms with van der Waals surface area (Å²) in [5, 5.41) is 9.55. The fourth-order valence-electron chi connectivity index (χ4n) is 5.83. The molecule has 0 unspecified atom stereocenters. The van der Waals surface area contributed by atoms with Crippen LogP contribution in [0.1, 0.15) is 206 Å². The molecule has 0 aromatic heterocycles. The van der Waals surface area contributed by atoms with Crippen molar-refractivity contribution in [3.05, 3.63) is 24.3 Å². The Kier molecular flexibility index (Phi) is 36.3. The van der Waals surface area contributed by atoms with Crippen LogP contribution in [-0.4, -0.2) is 42.1 Å². The fraction of sp³-hybridized carbons (Fsp3) is 0.833. The van der Waals surface area contributed by atoms with E-state index >= 15 is 0 Å². The van der Waals surface area contributed by atoms with Crippen molar-refractivity contribution >= 4 is 17.7 Å². The van der Waals surface area contributed by atoms with Crippen LogP contribution >= 0.6 is 0 Å². The third-order valence-corrected chi connectivity index (χ3v) is 8.97. The molecule has 0 heterocycles. The second-order valence-electron chi connectivity index (χ2n) is 13.8. The van der Waals surface area contributed by atoms with Crippen molar-refractivity contribution in [2.24, 2.45) is 0 Å². The molecule has 0 aliphatic carbocycles. The molecule has 1 atom stereocenters. The zero-order chi connectivity index (χ0) is 35.2. The Morgan fingerprint density at radius 2 is 0.938 bits per heavy atom. The number of ether oxygens (including phenoxy) is 2. The standard InChI is InChI=1S/C42H76O6/c1-3-5-7-9-11-12-13-14-15-16-17-18-19-20-21-23-27-32-36-42(46)48-40(37-43)38-47-41(45)35-31-28-24-26-30-34-39(44)33-29-25-22-10-8-6-4-2/h22,25,29,33,40,43H,3-21,23-24,26-28,30-32,34-38H2,1-2H3/b25-22-,33-29+/t40-/m0/s1. The normalized spacial score (nSPS) is 12.2. The number of hydrogen-bond acceptors (Lipinski definition) is 6. The fourth-order valence-corrected chi connectivity index (χ4v) is 5.83. The molecule has 0 radical (unpaired) electrons. The van der Waals surface area contributed by atoms with Crippen LogP contribution in [0.5, 0.6) is 0 Å². The summed E-state index contributed by atoms with van der Waals surface area (Å²) < 4.78 is 10.6. The van der Waals surface area contributed by atoms with E-state index in [0.717, 1.165) is 57.8 Å². The molecule has 0 saturated heterocycles. The zero-order valence-corrected chi connectivity index (χ0v) is 31.5. The van der Waals surface area contributed by atoms with Gasteiger partial charge in [-0.15, -0.1) is 0 Å². The average molecular weight is 677 g/mol. The molecule has 0 aromatic rings. The van der Waals surface area contributed by atoms with Crippen LogP contribution < -0.4 is 0 Å². The minimum atomic E-state index is -0.805. The van der Waals surface area contributed by atoms with Crippen molar-refractivity contribution in [2.45, 2.75) is 213 Å². The number of hydrogen-bond donors (Lipinski definition) is 1. The Balaban J connectivity index is 3.59. The molecule has 280 valence electrons. The first kappa shape index (κ1) is 46.0. The maximum Gasteiger partial charge on any atom is 0.306 e. The maximum atomic E-state index is 12.2. The van der Waals surface area contributed by atoms with Crippen molar-refractivity contribution in [2.75, 3.05) is 13.2 Å². The summed E-state index contributed by atoms with van der Waals surface area (Å²) in [5.74, 6) is -0.517. The molecule has 0 rings (SSSR count). The summed E-state index contributed by atoms with van der Waals surface area (Å²) in [7, 11) is 0. The lowest BCUT2D eigenvalue weighted by Gasteiger charge is -2.15. The first-order valence-corrected chi connectivity index (χ1v) is 20.3. The highest BCUT2D eigenvalue weighted by molar-refractivity contribution is 5.89. The second kappa shape index (κ2) is 37.9. The smallest absolute Gasteiger partial charge is 0.306 e. The van der Waals surface area contributed by atoms with Crippen LogP contribution in [0.15, 0.2) is 24.3 Å². The van der Waals surface area contributed by atoms with Gasteiger partial charge in [0, 0.05) is 19.3 Å². The highest BCUT2D eigenvalue weighted by Crippen LogP contribution is 2.15. The van der Waals surface area contributed by atoms with E-state index < -0.39 is 6.10 Å². The van der Waals surface area contributed by atoms with Crippen LogP contribution in [0, 0.1) is 0 Å². The number of unbranched alkanes of at least 4 members (excludes halogenated alkanes) is 24. The zero-order valence-electron chi connectivity index (χ0n) is 31.5. The van der Waals surface area contributed by atoms with Gasteiger partial charge >= 0.3 is 11.9 Å². The average Bonchev–Trinajstić information content (AvgIpc) is 3.08. The largest absolute Gasteiger partial charge is 0.462 e. The molecule has 0 aliphatic heterocycles. The Morgan fingerprint density at radius 1 is 0.521 bits per heavy atom. The van der Waals surface area contributed by atoms with E-state index in [2.05, 4.69) is 19.9 Å². The highest BCUT2D eigenvalue weighted by atomic mass is 16.6. The number of esters is 2. The Bertz CT molecular complexity index is 789. The maximum absolute atomic E-state index is 12.2. The first-order valence-electron chi connectivity index (χ1n) is 20.3. The van der Waals surface area contributed by atoms with Crippen LogP contribution in [0.4, 0.5) is 0 Å². The molecule has 1 N–H and O–H groups in total. The van der Waals surface area contributed by atoms with Crippen LogP contribution in [0.2, 0.25) is 0 Å². The Morgan fingerprint density at radius 3 is 1.42 bits per heavy atom. The molecule has 6 heteroatoms. The highest BCUT2D eigenvalue weighted by Gasteiger charge is 2.16. The summed E-state index contributed by atoms with van der Waals surface area (Å²) in [4.78, 5) is 36.2. The predicted molar refractivity (Wildman–Crippen MR) is 201 cm³/mol. The molecule has 0 spiro atoms. The van der Waals surface area contributed by atoms with Gasteiger partial charge in [-0.05, 0) is 38.2 Å². The minimum Gasteiger partial charge on any atom is -0.462 e. The summed E-state index contributed by atoms with van der Waals surface area (Å²) in [5.41, 5.74) is 0. The summed E-state index contributed by atoms with van der Waals surface area (Å²) in [6.45, 7) is 4.00. The van der Waals surface area contributed by atoms with Crippen molar-refractivity contribution < 1.29 is 29.0 Å². The van der Waals surface area contributed by atoms with Gasteiger partial charge in [0.2, 0.25) is 0 Å². The van der Waals surface area contributed by atoms with Gasteiger partial charge in [0.15, 0.2) is 11.9 Å². The molecular formula is C42H76O6. The lowest BCUT2D eigenvalue weighted by Crippen LogP contribution is -2.28. The van der Waals surface area contributed by atoms with E-state index in [1.54, 1.807) is 6.08 Å². The molecular weight excluding hydrogens is 600 g/mol. The monoisotopic (exact) mass is 677 g/mol. The van der Waals surface area contributed by atoms with Gasteiger partial charge in [-0.25, -0.2) is 0 Å². The number of rotatable bonds is 37. The molecule has 0 fully saturated rings. The molecule has 0 aromatic carbocycles. The molecule has 0 saturated carbocycles. The van der Waals surface area contributed by atoms with Crippen molar-refractivity contribution in [1.29, 1.82) is 0 Å². The van der Waals surface area contributed by atoms with Crippen molar-refractivity contribution in [1.82, 2.24) is 0 Å². The van der Waals surface area contributed by atoms with Crippen molar-refractivity contribution in [3.63, 3.8) is 0 Å². The van der Waals surface area contributed by atoms with Crippen LogP contribution in [0.3, 0.4) is 0 Å². The topological polar surface area (TPSA) is 89.9 Å². The van der Waals surface area contributed by atoms with E-state index in [1.165, 1.54) is 116 Å². The first-order chi connectivity index (χ1) is 23.5. The lowest BCUT2D eigenvalue weighted by atomic mass is 10.0. The van der Waals surface area contributed by atoms with E-state index in [4.69, 9.17) is 9.47 Å². The van der Waals surface area contributed by atoms with Crippen molar-refractivity contribution in [3.8, 4) is 0 Å². The second-order valence-corrected chi connectivity index (χ2v) is 13.8. The predicted octanol–water partition coefficient (Wildman–Crippen LogP) is 11.9. The quantitative estimate of drug-likeness (QED) is 0.0305. The van der Waals surface area contributed by atoms with Crippen LogP contribution in [-0.2, 0) is 23.9 Å². The van der Waals surface area contributed by atoms with Gasteiger partial charge < -0.3 is 14.6 Å². The Labute approximate surface area is 296 Å². The van der Waals surface area contributed by atoms with E-state index in [0.29, 0.717) is 19.3 Å². The summed E-state index contributed by atoms with van der Waals surface area (Å²) in [6.07, 6.45) is 40.6. The summed E-state index contributed by atoms with van der Waals surface area (Å²) in [6, 6.07) is 0. The number of allylic oxidation sites excluding steroid dienone is 4. The summed E-state index contributed by atoms with van der Waals surface area (Å²) >= 11 is 0. The number of aliphatic hydroxyl groups is 1. The molecule has 48 heavy (non-hydrogen) atoms. The van der Waals surface area contributed by atoms with Crippen LogP contribution in [0.25, 0.3) is 0 Å². The Hall–Kier alpha value is -1.95. The third-order valence-electron chi connectivity index (χ3n) is 8.97. The number of aliphatic hydroxyl groups excluding tert-OH is 1. The minimum absolute atomic E-state index is 0.107. The van der Waals surface area contributed by atoms with Gasteiger partial charge in [-0.2, -0.15) is 0 Å². The van der Waals surface area contributed by atoms with Gasteiger partial charge in [-0.1, -0.05) is 173 Å². The van der Waals surface area contributed by atoms with E-state index in [-0.39, 0.29) is 30.9 Å². The number of carbonyl (C=O) groups excluding carboxylic acids is 3. The van der Waals surface area contributed by atoms with E-state index in [1.807, 2.05) is 12.2 Å². The lowest BCUT2D eigenvalue weighted by molar-refractivity contribution is -0.161. The third kappa shape index (κ3) is 35.4. The molecule has 0 aliphatic rings. The molecule has 0 amide bonds.